The van der Waals surface area contributed by atoms with Crippen LogP contribution in [0, 0.1) is 17.0 Å². The van der Waals surface area contributed by atoms with Crippen LogP contribution in [0.2, 0.25) is 0 Å². The molecule has 2 rings (SSSR count). The summed E-state index contributed by atoms with van der Waals surface area (Å²) in [6, 6.07) is 13.4. The minimum atomic E-state index is -0.904. The lowest BCUT2D eigenvalue weighted by Crippen LogP contribution is -2.14. The van der Waals surface area contributed by atoms with Crippen LogP contribution in [0.25, 0.3) is 0 Å². The van der Waals surface area contributed by atoms with Crippen molar-refractivity contribution >= 4 is 11.7 Å². The Morgan fingerprint density at radius 2 is 1.90 bits per heavy atom. The van der Waals surface area contributed by atoms with Gasteiger partial charge in [0.05, 0.1) is 10.8 Å². The molecule has 5 nitrogen and oxygen atoms in total. The lowest BCUT2D eigenvalue weighted by molar-refractivity contribution is -0.384. The molecule has 0 aliphatic heterocycles. The van der Waals surface area contributed by atoms with Gasteiger partial charge in [0, 0.05) is 12.1 Å². The van der Waals surface area contributed by atoms with E-state index in [2.05, 4.69) is 0 Å². The van der Waals surface area contributed by atoms with Crippen molar-refractivity contribution in [2.45, 2.75) is 19.3 Å². The number of hydrogen-bond donors (Lipinski definition) is 1. The van der Waals surface area contributed by atoms with Crippen molar-refractivity contribution in [3.63, 3.8) is 0 Å². The molecule has 0 spiro atoms. The van der Waals surface area contributed by atoms with E-state index in [-0.39, 0.29) is 5.69 Å². The van der Waals surface area contributed by atoms with Crippen molar-refractivity contribution < 1.29 is 14.8 Å². The number of hydrogen-bond acceptors (Lipinski definition) is 3. The number of carbonyl (C=O) groups is 1. The molecule has 0 heterocycles. The van der Waals surface area contributed by atoms with Crippen LogP contribution < -0.4 is 0 Å². The summed E-state index contributed by atoms with van der Waals surface area (Å²) in [6.45, 7) is 1.91. The second-order valence-electron chi connectivity index (χ2n) is 4.93. The van der Waals surface area contributed by atoms with Gasteiger partial charge in [0.15, 0.2) is 0 Å². The lowest BCUT2D eigenvalue weighted by atomic mass is 9.91. The van der Waals surface area contributed by atoms with Crippen molar-refractivity contribution in [3.05, 3.63) is 75.3 Å². The third-order valence-electron chi connectivity index (χ3n) is 3.33. The molecule has 2 aromatic carbocycles. The molecule has 0 aliphatic rings. The molecule has 1 atom stereocenters. The van der Waals surface area contributed by atoms with Gasteiger partial charge < -0.3 is 5.11 Å². The zero-order valence-corrected chi connectivity index (χ0v) is 11.5. The number of benzene rings is 2. The zero-order valence-electron chi connectivity index (χ0n) is 11.5. The Bertz CT molecular complexity index is 664. The first-order valence-electron chi connectivity index (χ1n) is 6.50. The van der Waals surface area contributed by atoms with Crippen LogP contribution >= 0.6 is 0 Å². The Morgan fingerprint density at radius 1 is 1.24 bits per heavy atom. The van der Waals surface area contributed by atoms with Gasteiger partial charge in [-0.1, -0.05) is 42.0 Å². The molecule has 0 amide bonds. The van der Waals surface area contributed by atoms with Gasteiger partial charge in [-0.2, -0.15) is 0 Å². The second kappa shape index (κ2) is 6.17. The van der Waals surface area contributed by atoms with E-state index in [1.165, 1.54) is 12.1 Å². The number of rotatable bonds is 5. The topological polar surface area (TPSA) is 80.4 Å². The molecule has 0 fully saturated rings. The van der Waals surface area contributed by atoms with Crippen LogP contribution in [-0.2, 0) is 11.2 Å². The number of non-ortho nitro benzene ring substituents is 1. The number of nitro benzene ring substituents is 1. The van der Waals surface area contributed by atoms with E-state index in [0.29, 0.717) is 6.42 Å². The van der Waals surface area contributed by atoms with E-state index in [1.54, 1.807) is 18.2 Å². The van der Waals surface area contributed by atoms with Crippen LogP contribution in [0.3, 0.4) is 0 Å². The zero-order chi connectivity index (χ0) is 15.4. The summed E-state index contributed by atoms with van der Waals surface area (Å²) in [5, 5.41) is 20.0. The summed E-state index contributed by atoms with van der Waals surface area (Å²) in [7, 11) is 0. The predicted octanol–water partition coefficient (Wildman–Crippen LogP) is 3.31. The van der Waals surface area contributed by atoms with Gasteiger partial charge in [-0.05, 0) is 24.5 Å². The maximum absolute atomic E-state index is 11.5. The molecule has 2 aromatic rings. The van der Waals surface area contributed by atoms with Crippen molar-refractivity contribution in [1.82, 2.24) is 0 Å². The minimum absolute atomic E-state index is 0.00109. The molecular weight excluding hydrogens is 270 g/mol. The van der Waals surface area contributed by atoms with Crippen LogP contribution in [-0.4, -0.2) is 16.0 Å². The van der Waals surface area contributed by atoms with E-state index in [4.69, 9.17) is 0 Å². The third kappa shape index (κ3) is 3.66. The van der Waals surface area contributed by atoms with Crippen molar-refractivity contribution in [3.8, 4) is 0 Å². The molecule has 1 unspecified atom stereocenters. The number of aliphatic carboxylic acids is 1. The number of carboxylic acids is 1. The monoisotopic (exact) mass is 285 g/mol. The molecule has 0 saturated carbocycles. The van der Waals surface area contributed by atoms with E-state index < -0.39 is 16.8 Å². The van der Waals surface area contributed by atoms with Gasteiger partial charge in [0.25, 0.3) is 5.69 Å². The Hall–Kier alpha value is -2.69. The molecule has 0 radical (unpaired) electrons. The second-order valence-corrected chi connectivity index (χ2v) is 4.93. The Kier molecular flexibility index (Phi) is 4.33. The SMILES string of the molecule is Cc1cccc(C(Cc2ccc([N+](=O)[O-])cc2)C(=O)O)c1. The Labute approximate surface area is 122 Å². The first-order chi connectivity index (χ1) is 9.97. The van der Waals surface area contributed by atoms with Crippen LogP contribution in [0.1, 0.15) is 22.6 Å². The van der Waals surface area contributed by atoms with E-state index in [1.807, 2.05) is 25.1 Å². The van der Waals surface area contributed by atoms with Gasteiger partial charge in [-0.15, -0.1) is 0 Å². The van der Waals surface area contributed by atoms with Crippen LogP contribution in [0.4, 0.5) is 5.69 Å². The fraction of sp³-hybridized carbons (Fsp3) is 0.188. The van der Waals surface area contributed by atoms with Gasteiger partial charge in [0.1, 0.15) is 0 Å². The average Bonchev–Trinajstić information content (AvgIpc) is 2.45. The summed E-state index contributed by atoms with van der Waals surface area (Å²) in [5.74, 6) is -1.56. The highest BCUT2D eigenvalue weighted by Crippen LogP contribution is 2.23. The highest BCUT2D eigenvalue weighted by atomic mass is 16.6. The summed E-state index contributed by atoms with van der Waals surface area (Å²) < 4.78 is 0. The Balaban J connectivity index is 2.24. The summed E-state index contributed by atoms with van der Waals surface area (Å²) in [6.07, 6.45) is 0.302. The summed E-state index contributed by atoms with van der Waals surface area (Å²) >= 11 is 0. The number of nitrogens with zero attached hydrogens (tertiary/aromatic N) is 1. The summed E-state index contributed by atoms with van der Waals surface area (Å²) in [4.78, 5) is 21.6. The average molecular weight is 285 g/mol. The van der Waals surface area contributed by atoms with Crippen LogP contribution in [0.5, 0.6) is 0 Å². The molecule has 5 heteroatoms. The Morgan fingerprint density at radius 3 is 2.43 bits per heavy atom. The summed E-state index contributed by atoms with van der Waals surface area (Å²) in [5.41, 5.74) is 2.50. The molecule has 0 bridgehead atoms. The van der Waals surface area contributed by atoms with E-state index in [9.17, 15) is 20.0 Å². The lowest BCUT2D eigenvalue weighted by Gasteiger charge is -2.13. The first kappa shape index (κ1) is 14.7. The number of aryl methyl sites for hydroxylation is 1. The van der Waals surface area contributed by atoms with E-state index in [0.717, 1.165) is 16.7 Å². The maximum Gasteiger partial charge on any atom is 0.311 e. The molecule has 0 saturated heterocycles. The number of carboxylic acid groups (broad SMARTS) is 1. The maximum atomic E-state index is 11.5. The smallest absolute Gasteiger partial charge is 0.311 e. The molecular formula is C16H15NO4. The fourth-order valence-electron chi connectivity index (χ4n) is 2.22. The largest absolute Gasteiger partial charge is 0.481 e. The molecule has 108 valence electrons. The fourth-order valence-corrected chi connectivity index (χ4v) is 2.22. The van der Waals surface area contributed by atoms with Crippen LogP contribution in [0.15, 0.2) is 48.5 Å². The molecule has 21 heavy (non-hydrogen) atoms. The van der Waals surface area contributed by atoms with Crippen molar-refractivity contribution in [2.24, 2.45) is 0 Å². The standard InChI is InChI=1S/C16H15NO4/c1-11-3-2-4-13(9-11)15(16(18)19)10-12-5-7-14(8-6-12)17(20)21/h2-9,15H,10H2,1H3,(H,18,19). The molecule has 0 aliphatic carbocycles. The first-order valence-corrected chi connectivity index (χ1v) is 6.50. The van der Waals surface area contributed by atoms with Gasteiger partial charge in [-0.25, -0.2) is 0 Å². The van der Waals surface area contributed by atoms with Gasteiger partial charge in [0.2, 0.25) is 0 Å². The minimum Gasteiger partial charge on any atom is -0.481 e. The molecule has 0 aromatic heterocycles. The van der Waals surface area contributed by atoms with Gasteiger partial charge in [-0.3, -0.25) is 14.9 Å². The quantitative estimate of drug-likeness (QED) is 0.675. The third-order valence-corrected chi connectivity index (χ3v) is 3.33. The normalized spacial score (nSPS) is 11.9. The van der Waals surface area contributed by atoms with E-state index >= 15 is 0 Å². The molecule has 1 N–H and O–H groups in total. The van der Waals surface area contributed by atoms with Crippen molar-refractivity contribution in [2.75, 3.05) is 0 Å². The van der Waals surface area contributed by atoms with Gasteiger partial charge >= 0.3 is 5.97 Å². The highest BCUT2D eigenvalue weighted by molar-refractivity contribution is 5.76. The highest BCUT2D eigenvalue weighted by Gasteiger charge is 2.20. The number of nitro groups is 1. The predicted molar refractivity (Wildman–Crippen MR) is 78.4 cm³/mol. The van der Waals surface area contributed by atoms with Crippen molar-refractivity contribution in [1.29, 1.82) is 0 Å².